The minimum atomic E-state index is -0.197. The fraction of sp³-hybridized carbons (Fsp3) is 0. The van der Waals surface area contributed by atoms with Crippen molar-refractivity contribution in [1.29, 1.82) is 5.26 Å². The second kappa shape index (κ2) is 6.10. The molecule has 0 saturated carbocycles. The van der Waals surface area contributed by atoms with Crippen LogP contribution in [0.2, 0.25) is 0 Å². The first-order valence-corrected chi connectivity index (χ1v) is 2.68. The normalized spacial score (nSPS) is 6.82. The number of rotatable bonds is 0. The molecule has 0 atom stereocenters. The van der Waals surface area contributed by atoms with Crippen LogP contribution in [0.25, 0.3) is 0 Å². The van der Waals surface area contributed by atoms with Gasteiger partial charge in [0.2, 0.25) is 12.2 Å². The SMILES string of the molecule is N#CN=C(N)N.c1c[nH]cn1. The fourth-order valence-electron chi connectivity index (χ4n) is 0.273. The van der Waals surface area contributed by atoms with Gasteiger partial charge in [-0.3, -0.25) is 0 Å². The van der Waals surface area contributed by atoms with E-state index in [2.05, 4.69) is 15.0 Å². The molecule has 0 aliphatic rings. The molecule has 0 bridgehead atoms. The molecule has 5 N–H and O–H groups in total. The smallest absolute Gasteiger partial charge is 0.209 e. The highest BCUT2D eigenvalue weighted by molar-refractivity contribution is 5.76. The van der Waals surface area contributed by atoms with Crippen molar-refractivity contribution in [2.75, 3.05) is 0 Å². The van der Waals surface area contributed by atoms with Crippen molar-refractivity contribution in [3.8, 4) is 6.19 Å². The number of guanidine groups is 1. The summed E-state index contributed by atoms with van der Waals surface area (Å²) < 4.78 is 0. The maximum Gasteiger partial charge on any atom is 0.209 e. The molecule has 1 aromatic rings. The molecule has 0 aliphatic heterocycles. The van der Waals surface area contributed by atoms with Gasteiger partial charge in [0, 0.05) is 12.4 Å². The van der Waals surface area contributed by atoms with Gasteiger partial charge in [0.25, 0.3) is 0 Å². The summed E-state index contributed by atoms with van der Waals surface area (Å²) in [6.45, 7) is 0. The summed E-state index contributed by atoms with van der Waals surface area (Å²) in [5, 5.41) is 7.64. The number of H-pyrrole nitrogens is 1. The summed E-state index contributed by atoms with van der Waals surface area (Å²) in [6.07, 6.45) is 6.49. The first-order chi connectivity index (χ1) is 5.27. The zero-order valence-corrected chi connectivity index (χ0v) is 5.73. The number of hydrogen-bond acceptors (Lipinski definition) is 3. The van der Waals surface area contributed by atoms with Gasteiger partial charge in [-0.15, -0.1) is 4.99 Å². The van der Waals surface area contributed by atoms with E-state index in [1.807, 2.05) is 0 Å². The topological polar surface area (TPSA) is 117 Å². The molecule has 6 nitrogen and oxygen atoms in total. The van der Waals surface area contributed by atoms with E-state index in [1.165, 1.54) is 6.19 Å². The van der Waals surface area contributed by atoms with Gasteiger partial charge < -0.3 is 16.5 Å². The number of aromatic amines is 1. The number of imidazole rings is 1. The minimum Gasteiger partial charge on any atom is -0.369 e. The van der Waals surface area contributed by atoms with Gasteiger partial charge in [-0.05, 0) is 0 Å². The van der Waals surface area contributed by atoms with E-state index in [1.54, 1.807) is 18.7 Å². The van der Waals surface area contributed by atoms with Crippen molar-refractivity contribution < 1.29 is 0 Å². The maximum atomic E-state index is 7.64. The minimum absolute atomic E-state index is 0.197. The standard InChI is InChI=1S/C3H4N2.C2H4N4/c1-2-5-3-4-1;3-1-6-2(4)5/h1-3H,(H,4,5);(H4,4,5,6). The van der Waals surface area contributed by atoms with E-state index in [0.29, 0.717) is 0 Å². The van der Waals surface area contributed by atoms with Gasteiger partial charge in [-0.1, -0.05) is 0 Å². The lowest BCUT2D eigenvalue weighted by Gasteiger charge is -1.74. The van der Waals surface area contributed by atoms with Crippen LogP contribution in [0.3, 0.4) is 0 Å². The molecule has 0 saturated heterocycles. The van der Waals surface area contributed by atoms with Gasteiger partial charge in [0.1, 0.15) is 0 Å². The molecule has 0 aromatic carbocycles. The quantitative estimate of drug-likeness (QED) is 0.255. The molecule has 0 spiro atoms. The third kappa shape index (κ3) is 7.97. The van der Waals surface area contributed by atoms with Gasteiger partial charge >= 0.3 is 0 Å². The number of aliphatic imine (C=N–C) groups is 1. The van der Waals surface area contributed by atoms with E-state index in [-0.39, 0.29) is 5.96 Å². The Morgan fingerprint density at radius 1 is 1.64 bits per heavy atom. The molecule has 1 rings (SSSR count). The lowest BCUT2D eigenvalue weighted by molar-refractivity contribution is 1.31. The highest BCUT2D eigenvalue weighted by Gasteiger charge is 1.67. The van der Waals surface area contributed by atoms with Gasteiger partial charge in [0.15, 0.2) is 0 Å². The Morgan fingerprint density at radius 3 is 2.45 bits per heavy atom. The molecule has 0 amide bonds. The van der Waals surface area contributed by atoms with E-state index < -0.39 is 0 Å². The van der Waals surface area contributed by atoms with Crippen LogP contribution in [-0.2, 0) is 0 Å². The highest BCUT2D eigenvalue weighted by atomic mass is 15.0. The average molecular weight is 152 g/mol. The lowest BCUT2D eigenvalue weighted by Crippen LogP contribution is -2.21. The number of nitriles is 1. The monoisotopic (exact) mass is 152 g/mol. The largest absolute Gasteiger partial charge is 0.369 e. The summed E-state index contributed by atoms with van der Waals surface area (Å²) in [7, 11) is 0. The molecule has 1 heterocycles. The predicted molar refractivity (Wildman–Crippen MR) is 40.0 cm³/mol. The van der Waals surface area contributed by atoms with E-state index >= 15 is 0 Å². The Morgan fingerprint density at radius 2 is 2.36 bits per heavy atom. The summed E-state index contributed by atoms with van der Waals surface area (Å²) >= 11 is 0. The summed E-state index contributed by atoms with van der Waals surface area (Å²) in [6, 6.07) is 0. The van der Waals surface area contributed by atoms with Crippen molar-refractivity contribution >= 4 is 5.96 Å². The molecule has 0 aliphatic carbocycles. The number of aromatic nitrogens is 2. The van der Waals surface area contributed by atoms with Gasteiger partial charge in [0.05, 0.1) is 6.33 Å². The number of nitrogens with zero attached hydrogens (tertiary/aromatic N) is 3. The molecule has 58 valence electrons. The second-order valence-corrected chi connectivity index (χ2v) is 1.40. The molecule has 0 radical (unpaired) electrons. The third-order valence-corrected chi connectivity index (χ3v) is 0.585. The van der Waals surface area contributed by atoms with Crippen LogP contribution in [0.1, 0.15) is 0 Å². The Labute approximate surface area is 63.6 Å². The van der Waals surface area contributed by atoms with Crippen LogP contribution in [0, 0.1) is 11.5 Å². The fourth-order valence-corrected chi connectivity index (χ4v) is 0.273. The maximum absolute atomic E-state index is 7.64. The summed E-state index contributed by atoms with van der Waals surface area (Å²) in [5.41, 5.74) is 9.42. The summed E-state index contributed by atoms with van der Waals surface area (Å²) in [4.78, 5) is 9.32. The Balaban J connectivity index is 0.000000183. The summed E-state index contributed by atoms with van der Waals surface area (Å²) in [5.74, 6) is -0.197. The van der Waals surface area contributed by atoms with E-state index in [4.69, 9.17) is 16.7 Å². The van der Waals surface area contributed by atoms with Crippen molar-refractivity contribution in [3.63, 3.8) is 0 Å². The lowest BCUT2D eigenvalue weighted by atomic mass is 11.0. The highest BCUT2D eigenvalue weighted by Crippen LogP contribution is 1.62. The van der Waals surface area contributed by atoms with Crippen LogP contribution in [0.5, 0.6) is 0 Å². The third-order valence-electron chi connectivity index (χ3n) is 0.585. The average Bonchev–Trinajstić information content (AvgIpc) is 2.41. The van der Waals surface area contributed by atoms with Crippen LogP contribution in [-0.4, -0.2) is 15.9 Å². The van der Waals surface area contributed by atoms with Gasteiger partial charge in [-0.2, -0.15) is 5.26 Å². The van der Waals surface area contributed by atoms with E-state index in [9.17, 15) is 0 Å². The number of nitrogens with two attached hydrogens (primary N) is 2. The Hall–Kier alpha value is -2.03. The molecule has 0 fully saturated rings. The number of nitrogens with one attached hydrogen (secondary N) is 1. The van der Waals surface area contributed by atoms with Crippen molar-refractivity contribution in [2.45, 2.75) is 0 Å². The van der Waals surface area contributed by atoms with Crippen LogP contribution < -0.4 is 11.5 Å². The van der Waals surface area contributed by atoms with Crippen LogP contribution in [0.4, 0.5) is 0 Å². The van der Waals surface area contributed by atoms with Crippen molar-refractivity contribution in [1.82, 2.24) is 9.97 Å². The second-order valence-electron chi connectivity index (χ2n) is 1.40. The first kappa shape index (κ1) is 8.97. The first-order valence-electron chi connectivity index (χ1n) is 2.68. The van der Waals surface area contributed by atoms with E-state index in [0.717, 1.165) is 0 Å². The van der Waals surface area contributed by atoms with Gasteiger partial charge in [-0.25, -0.2) is 4.98 Å². The molecular formula is C5H8N6. The predicted octanol–water partition coefficient (Wildman–Crippen LogP) is -0.849. The van der Waals surface area contributed by atoms with Crippen molar-refractivity contribution in [3.05, 3.63) is 18.7 Å². The van der Waals surface area contributed by atoms with Crippen molar-refractivity contribution in [2.24, 2.45) is 16.5 Å². The molecular weight excluding hydrogens is 144 g/mol. The number of hydrogen-bond donors (Lipinski definition) is 3. The zero-order chi connectivity index (χ0) is 8.53. The molecule has 0 unspecified atom stereocenters. The molecule has 6 heteroatoms. The Bertz CT molecular complexity index is 209. The molecule has 11 heavy (non-hydrogen) atoms. The Kier molecular flexibility index (Phi) is 4.97. The van der Waals surface area contributed by atoms with Crippen LogP contribution in [0.15, 0.2) is 23.7 Å². The van der Waals surface area contributed by atoms with Crippen LogP contribution >= 0.6 is 0 Å². The molecule has 1 aromatic heterocycles. The zero-order valence-electron chi connectivity index (χ0n) is 5.73.